The molecule has 0 spiro atoms. The van der Waals surface area contributed by atoms with E-state index in [2.05, 4.69) is 19.5 Å². The number of aromatic nitrogens is 4. The topological polar surface area (TPSA) is 64.9 Å². The second kappa shape index (κ2) is 3.72. The molecule has 2 N–H and O–H groups in total. The number of anilines is 1. The van der Waals surface area contributed by atoms with E-state index in [1.165, 1.54) is 32.4 Å². The SMILES string of the molecule is Cc1nn(C)c2c1nc(N)n2C1CCN2CCCC12. The zero-order chi connectivity index (χ0) is 13.1. The van der Waals surface area contributed by atoms with Crippen LogP contribution in [0.25, 0.3) is 11.2 Å². The van der Waals surface area contributed by atoms with E-state index in [4.69, 9.17) is 5.73 Å². The van der Waals surface area contributed by atoms with Crippen molar-refractivity contribution in [1.82, 2.24) is 24.2 Å². The monoisotopic (exact) mass is 260 g/mol. The van der Waals surface area contributed by atoms with Gasteiger partial charge in [0.15, 0.2) is 5.65 Å². The zero-order valence-corrected chi connectivity index (χ0v) is 11.5. The smallest absolute Gasteiger partial charge is 0.202 e. The summed E-state index contributed by atoms with van der Waals surface area (Å²) in [6.07, 6.45) is 3.76. The quantitative estimate of drug-likeness (QED) is 0.833. The molecule has 0 saturated carbocycles. The average Bonchev–Trinajstić information content (AvgIpc) is 3.04. The van der Waals surface area contributed by atoms with Gasteiger partial charge in [0.2, 0.25) is 5.95 Å². The number of hydrogen-bond donors (Lipinski definition) is 1. The summed E-state index contributed by atoms with van der Waals surface area (Å²) in [6, 6.07) is 1.09. The van der Waals surface area contributed by atoms with Gasteiger partial charge >= 0.3 is 0 Å². The molecule has 2 unspecified atom stereocenters. The van der Waals surface area contributed by atoms with Gasteiger partial charge in [0.25, 0.3) is 0 Å². The summed E-state index contributed by atoms with van der Waals surface area (Å²) >= 11 is 0. The Balaban J connectivity index is 1.88. The molecule has 2 aromatic heterocycles. The predicted octanol–water partition coefficient (Wildman–Crippen LogP) is 1.07. The minimum atomic E-state index is 0.460. The Kier molecular flexibility index (Phi) is 2.21. The van der Waals surface area contributed by atoms with Crippen molar-refractivity contribution in [2.24, 2.45) is 7.05 Å². The Morgan fingerprint density at radius 2 is 2.05 bits per heavy atom. The fourth-order valence-corrected chi connectivity index (χ4v) is 4.00. The molecule has 2 aliphatic heterocycles. The Labute approximate surface area is 112 Å². The van der Waals surface area contributed by atoms with E-state index < -0.39 is 0 Å². The third-order valence-electron chi connectivity index (χ3n) is 4.76. The van der Waals surface area contributed by atoms with Crippen molar-refractivity contribution in [1.29, 1.82) is 0 Å². The summed E-state index contributed by atoms with van der Waals surface area (Å²) in [4.78, 5) is 7.13. The van der Waals surface area contributed by atoms with Gasteiger partial charge in [0, 0.05) is 19.6 Å². The van der Waals surface area contributed by atoms with E-state index in [1.807, 2.05) is 18.7 Å². The van der Waals surface area contributed by atoms with Gasteiger partial charge in [0.05, 0.1) is 11.7 Å². The van der Waals surface area contributed by atoms with Crippen molar-refractivity contribution < 1.29 is 0 Å². The highest BCUT2D eigenvalue weighted by atomic mass is 15.4. The molecule has 0 radical (unpaired) electrons. The van der Waals surface area contributed by atoms with Crippen LogP contribution in [0.5, 0.6) is 0 Å². The van der Waals surface area contributed by atoms with Crippen molar-refractivity contribution in [2.75, 3.05) is 18.8 Å². The van der Waals surface area contributed by atoms with Gasteiger partial charge in [-0.05, 0) is 32.7 Å². The van der Waals surface area contributed by atoms with Crippen molar-refractivity contribution in [2.45, 2.75) is 38.3 Å². The maximum atomic E-state index is 6.19. The first kappa shape index (κ1) is 11.3. The largest absolute Gasteiger partial charge is 0.369 e. The van der Waals surface area contributed by atoms with Crippen LogP contribution >= 0.6 is 0 Å². The molecular weight excluding hydrogens is 240 g/mol. The van der Waals surface area contributed by atoms with Crippen LogP contribution in [0.4, 0.5) is 5.95 Å². The van der Waals surface area contributed by atoms with E-state index in [-0.39, 0.29) is 0 Å². The van der Waals surface area contributed by atoms with Crippen LogP contribution in [0.3, 0.4) is 0 Å². The number of nitrogen functional groups attached to an aromatic ring is 1. The first-order valence-electron chi connectivity index (χ1n) is 7.08. The molecule has 19 heavy (non-hydrogen) atoms. The van der Waals surface area contributed by atoms with Crippen LogP contribution in [-0.2, 0) is 7.05 Å². The standard InChI is InChI=1S/C13H20N6/c1-8-11-12(17(2)16-8)19(13(14)15-11)10-5-7-18-6-3-4-9(10)18/h9-10H,3-7H2,1-2H3,(H2,14,15). The third-order valence-corrected chi connectivity index (χ3v) is 4.76. The molecule has 4 rings (SSSR count). The maximum absolute atomic E-state index is 6.19. The molecule has 0 aromatic carbocycles. The lowest BCUT2D eigenvalue weighted by Crippen LogP contribution is -2.28. The van der Waals surface area contributed by atoms with E-state index >= 15 is 0 Å². The zero-order valence-electron chi connectivity index (χ0n) is 11.5. The normalized spacial score (nSPS) is 27.5. The number of rotatable bonds is 1. The molecule has 6 nitrogen and oxygen atoms in total. The van der Waals surface area contributed by atoms with Crippen LogP contribution in [0.15, 0.2) is 0 Å². The molecule has 0 aliphatic carbocycles. The van der Waals surface area contributed by atoms with Crippen LogP contribution in [-0.4, -0.2) is 43.4 Å². The van der Waals surface area contributed by atoms with Crippen LogP contribution in [0.2, 0.25) is 0 Å². The van der Waals surface area contributed by atoms with Crippen molar-refractivity contribution in [3.63, 3.8) is 0 Å². The Morgan fingerprint density at radius 3 is 2.89 bits per heavy atom. The van der Waals surface area contributed by atoms with Crippen LogP contribution < -0.4 is 5.73 Å². The summed E-state index contributed by atoms with van der Waals surface area (Å²) in [5, 5.41) is 4.47. The molecule has 2 aliphatic rings. The number of nitrogens with zero attached hydrogens (tertiary/aromatic N) is 5. The number of nitrogens with two attached hydrogens (primary N) is 1. The maximum Gasteiger partial charge on any atom is 0.202 e. The minimum absolute atomic E-state index is 0.460. The summed E-state index contributed by atoms with van der Waals surface area (Å²) < 4.78 is 4.15. The number of hydrogen-bond acceptors (Lipinski definition) is 4. The first-order valence-corrected chi connectivity index (χ1v) is 7.08. The van der Waals surface area contributed by atoms with Gasteiger partial charge in [0.1, 0.15) is 5.52 Å². The fraction of sp³-hybridized carbons (Fsp3) is 0.692. The molecule has 4 heterocycles. The highest BCUT2D eigenvalue weighted by molar-refractivity contribution is 5.77. The summed E-state index contributed by atoms with van der Waals surface area (Å²) in [6.45, 7) is 4.42. The van der Waals surface area contributed by atoms with Gasteiger partial charge in [-0.25, -0.2) is 4.98 Å². The van der Waals surface area contributed by atoms with Crippen LogP contribution in [0, 0.1) is 6.92 Å². The molecule has 0 amide bonds. The van der Waals surface area contributed by atoms with E-state index in [9.17, 15) is 0 Å². The molecule has 102 valence electrons. The summed E-state index contributed by atoms with van der Waals surface area (Å²) in [7, 11) is 1.98. The highest BCUT2D eigenvalue weighted by Crippen LogP contribution is 2.39. The van der Waals surface area contributed by atoms with E-state index in [0.717, 1.165) is 16.9 Å². The molecular formula is C13H20N6. The van der Waals surface area contributed by atoms with Gasteiger partial charge in [-0.2, -0.15) is 5.10 Å². The summed E-state index contributed by atoms with van der Waals surface area (Å²) in [5.74, 6) is 0.643. The minimum Gasteiger partial charge on any atom is -0.369 e. The van der Waals surface area contributed by atoms with Crippen molar-refractivity contribution in [3.8, 4) is 0 Å². The number of aryl methyl sites for hydroxylation is 2. The number of fused-ring (bicyclic) bond motifs is 2. The van der Waals surface area contributed by atoms with Crippen molar-refractivity contribution in [3.05, 3.63) is 5.69 Å². The lowest BCUT2D eigenvalue weighted by Gasteiger charge is -2.22. The van der Waals surface area contributed by atoms with E-state index in [0.29, 0.717) is 18.0 Å². The van der Waals surface area contributed by atoms with Gasteiger partial charge < -0.3 is 5.73 Å². The van der Waals surface area contributed by atoms with Crippen LogP contribution in [0.1, 0.15) is 31.0 Å². The molecule has 2 aromatic rings. The molecule has 0 bridgehead atoms. The fourth-order valence-electron chi connectivity index (χ4n) is 4.00. The molecule has 2 atom stereocenters. The first-order chi connectivity index (χ1) is 9.16. The number of imidazole rings is 1. The van der Waals surface area contributed by atoms with Gasteiger partial charge in [-0.1, -0.05) is 0 Å². The van der Waals surface area contributed by atoms with Gasteiger partial charge in [-0.3, -0.25) is 14.1 Å². The van der Waals surface area contributed by atoms with Gasteiger partial charge in [-0.15, -0.1) is 0 Å². The lowest BCUT2D eigenvalue weighted by molar-refractivity contribution is 0.292. The Hall–Kier alpha value is -1.56. The molecule has 6 heteroatoms. The Bertz CT molecular complexity index is 639. The second-order valence-corrected chi connectivity index (χ2v) is 5.82. The third kappa shape index (κ3) is 1.40. The lowest BCUT2D eigenvalue weighted by atomic mass is 10.1. The predicted molar refractivity (Wildman–Crippen MR) is 73.9 cm³/mol. The molecule has 2 saturated heterocycles. The highest BCUT2D eigenvalue weighted by Gasteiger charge is 2.40. The molecule has 2 fully saturated rings. The second-order valence-electron chi connectivity index (χ2n) is 5.82. The van der Waals surface area contributed by atoms with Crippen molar-refractivity contribution >= 4 is 17.1 Å². The average molecular weight is 260 g/mol. The Morgan fingerprint density at radius 1 is 1.21 bits per heavy atom. The van der Waals surface area contributed by atoms with E-state index in [1.54, 1.807) is 0 Å². The summed E-state index contributed by atoms with van der Waals surface area (Å²) in [5.41, 5.74) is 9.19.